The van der Waals surface area contributed by atoms with Gasteiger partial charge in [-0.3, -0.25) is 4.79 Å². The minimum absolute atomic E-state index is 0.142. The van der Waals surface area contributed by atoms with Crippen molar-refractivity contribution < 1.29 is 4.79 Å². The molecule has 4 atom stereocenters. The van der Waals surface area contributed by atoms with E-state index in [1.165, 1.54) is 6.42 Å². The molecule has 1 aliphatic carbocycles. The van der Waals surface area contributed by atoms with Gasteiger partial charge in [-0.05, 0) is 51.1 Å². The molecule has 104 valence electrons. The van der Waals surface area contributed by atoms with Crippen LogP contribution in [0.1, 0.15) is 32.6 Å². The summed E-state index contributed by atoms with van der Waals surface area (Å²) in [6, 6.07) is 0.210. The molecular formula is C14H27N3O. The van der Waals surface area contributed by atoms with E-state index in [1.54, 1.807) is 0 Å². The van der Waals surface area contributed by atoms with E-state index in [-0.39, 0.29) is 17.9 Å². The second kappa shape index (κ2) is 6.02. The average molecular weight is 253 g/mol. The van der Waals surface area contributed by atoms with Crippen LogP contribution in [0.2, 0.25) is 0 Å². The minimum Gasteiger partial charge on any atom is -0.356 e. The predicted octanol–water partition coefficient (Wildman–Crippen LogP) is 0.818. The van der Waals surface area contributed by atoms with Crippen molar-refractivity contribution in [1.29, 1.82) is 0 Å². The van der Waals surface area contributed by atoms with Crippen molar-refractivity contribution in [2.45, 2.75) is 38.6 Å². The van der Waals surface area contributed by atoms with Crippen LogP contribution in [0.3, 0.4) is 0 Å². The highest BCUT2D eigenvalue weighted by Crippen LogP contribution is 2.28. The summed E-state index contributed by atoms with van der Waals surface area (Å²) in [7, 11) is 2.14. The largest absolute Gasteiger partial charge is 0.356 e. The molecule has 1 aliphatic heterocycles. The Morgan fingerprint density at radius 3 is 2.78 bits per heavy atom. The van der Waals surface area contributed by atoms with Crippen molar-refractivity contribution in [2.75, 3.05) is 26.7 Å². The van der Waals surface area contributed by atoms with Crippen molar-refractivity contribution in [2.24, 2.45) is 23.5 Å². The first kappa shape index (κ1) is 13.8. The fraction of sp³-hybridized carbons (Fsp3) is 0.929. The third-order valence-electron chi connectivity index (χ3n) is 4.40. The van der Waals surface area contributed by atoms with Crippen molar-refractivity contribution in [1.82, 2.24) is 10.2 Å². The Morgan fingerprint density at radius 2 is 2.17 bits per heavy atom. The van der Waals surface area contributed by atoms with Crippen molar-refractivity contribution >= 4 is 5.91 Å². The maximum Gasteiger partial charge on any atom is 0.223 e. The van der Waals surface area contributed by atoms with Gasteiger partial charge < -0.3 is 16.0 Å². The summed E-state index contributed by atoms with van der Waals surface area (Å²) < 4.78 is 0. The summed E-state index contributed by atoms with van der Waals surface area (Å²) >= 11 is 0. The van der Waals surface area contributed by atoms with Crippen LogP contribution < -0.4 is 11.1 Å². The molecule has 1 saturated heterocycles. The van der Waals surface area contributed by atoms with Crippen LogP contribution in [0, 0.1) is 17.8 Å². The van der Waals surface area contributed by atoms with Crippen LogP contribution in [-0.2, 0) is 4.79 Å². The quantitative estimate of drug-likeness (QED) is 0.783. The molecule has 4 unspecified atom stereocenters. The van der Waals surface area contributed by atoms with E-state index >= 15 is 0 Å². The Kier molecular flexibility index (Phi) is 4.62. The van der Waals surface area contributed by atoms with E-state index in [1.807, 2.05) is 0 Å². The number of carbonyl (C=O) groups is 1. The fourth-order valence-electron chi connectivity index (χ4n) is 3.45. The second-order valence-corrected chi connectivity index (χ2v) is 6.43. The van der Waals surface area contributed by atoms with E-state index < -0.39 is 0 Å². The van der Waals surface area contributed by atoms with Crippen molar-refractivity contribution in [3.05, 3.63) is 0 Å². The first-order valence-electron chi connectivity index (χ1n) is 7.26. The maximum atomic E-state index is 12.1. The molecular weight excluding hydrogens is 226 g/mol. The van der Waals surface area contributed by atoms with Crippen LogP contribution in [0.15, 0.2) is 0 Å². The molecule has 2 fully saturated rings. The number of hydrogen-bond donors (Lipinski definition) is 2. The van der Waals surface area contributed by atoms with Gasteiger partial charge in [-0.2, -0.15) is 0 Å². The Balaban J connectivity index is 1.74. The van der Waals surface area contributed by atoms with Crippen molar-refractivity contribution in [3.63, 3.8) is 0 Å². The Hall–Kier alpha value is -0.610. The van der Waals surface area contributed by atoms with E-state index in [2.05, 4.69) is 24.2 Å². The number of hydrogen-bond acceptors (Lipinski definition) is 3. The molecule has 4 heteroatoms. The average Bonchev–Trinajstić information content (AvgIpc) is 2.70. The number of amides is 1. The molecule has 1 saturated carbocycles. The van der Waals surface area contributed by atoms with Gasteiger partial charge in [0, 0.05) is 25.0 Å². The normalized spacial score (nSPS) is 37.7. The summed E-state index contributed by atoms with van der Waals surface area (Å²) in [6.45, 7) is 5.31. The highest BCUT2D eigenvalue weighted by Gasteiger charge is 2.29. The lowest BCUT2D eigenvalue weighted by atomic mass is 9.79. The first-order chi connectivity index (χ1) is 8.54. The number of nitrogens with zero attached hydrogens (tertiary/aromatic N) is 1. The molecule has 1 heterocycles. The fourth-order valence-corrected chi connectivity index (χ4v) is 3.45. The molecule has 2 aliphatic rings. The molecule has 18 heavy (non-hydrogen) atoms. The van der Waals surface area contributed by atoms with Gasteiger partial charge in [0.1, 0.15) is 0 Å². The Morgan fingerprint density at radius 1 is 1.39 bits per heavy atom. The smallest absolute Gasteiger partial charge is 0.223 e. The molecule has 1 amide bonds. The SMILES string of the molecule is CC1CC(N)CC(C(=O)NCC2CCN(C)C2)C1. The van der Waals surface area contributed by atoms with Crippen LogP contribution in [0.25, 0.3) is 0 Å². The lowest BCUT2D eigenvalue weighted by molar-refractivity contribution is -0.126. The maximum absolute atomic E-state index is 12.1. The van der Waals surface area contributed by atoms with E-state index in [0.29, 0.717) is 11.8 Å². The van der Waals surface area contributed by atoms with Crippen LogP contribution in [0.5, 0.6) is 0 Å². The number of likely N-dealkylation sites (tertiary alicyclic amines) is 1. The summed E-state index contributed by atoms with van der Waals surface area (Å²) in [5.74, 6) is 1.59. The van der Waals surface area contributed by atoms with Gasteiger partial charge in [0.05, 0.1) is 0 Å². The molecule has 0 aromatic heterocycles. The summed E-state index contributed by atoms with van der Waals surface area (Å²) in [5, 5.41) is 3.13. The van der Waals surface area contributed by atoms with Gasteiger partial charge in [-0.25, -0.2) is 0 Å². The number of rotatable bonds is 3. The lowest BCUT2D eigenvalue weighted by Gasteiger charge is -2.30. The molecule has 0 aromatic carbocycles. The minimum atomic E-state index is 0.142. The summed E-state index contributed by atoms with van der Waals surface area (Å²) in [4.78, 5) is 14.5. The predicted molar refractivity (Wildman–Crippen MR) is 73.1 cm³/mol. The zero-order valence-electron chi connectivity index (χ0n) is 11.7. The number of nitrogens with one attached hydrogen (secondary N) is 1. The third-order valence-corrected chi connectivity index (χ3v) is 4.40. The molecule has 2 rings (SSSR count). The van der Waals surface area contributed by atoms with Gasteiger partial charge in [0.25, 0.3) is 0 Å². The molecule has 0 aromatic rings. The molecule has 3 N–H and O–H groups in total. The summed E-state index contributed by atoms with van der Waals surface area (Å²) in [5.41, 5.74) is 6.00. The van der Waals surface area contributed by atoms with Crippen LogP contribution in [0.4, 0.5) is 0 Å². The molecule has 0 bridgehead atoms. The van der Waals surface area contributed by atoms with Gasteiger partial charge >= 0.3 is 0 Å². The van der Waals surface area contributed by atoms with E-state index in [9.17, 15) is 4.79 Å². The monoisotopic (exact) mass is 253 g/mol. The van der Waals surface area contributed by atoms with Gasteiger partial charge in [-0.1, -0.05) is 6.92 Å². The number of nitrogens with two attached hydrogens (primary N) is 1. The van der Waals surface area contributed by atoms with Gasteiger partial charge in [0.2, 0.25) is 5.91 Å². The standard InChI is InChI=1S/C14H27N3O/c1-10-5-12(7-13(15)6-10)14(18)16-8-11-3-4-17(2)9-11/h10-13H,3-9,15H2,1-2H3,(H,16,18). The number of carbonyl (C=O) groups excluding carboxylic acids is 1. The van der Waals surface area contributed by atoms with E-state index in [4.69, 9.17) is 5.73 Å². The third kappa shape index (κ3) is 3.69. The van der Waals surface area contributed by atoms with Crippen LogP contribution in [-0.4, -0.2) is 43.5 Å². The topological polar surface area (TPSA) is 58.4 Å². The first-order valence-corrected chi connectivity index (χ1v) is 7.26. The Bertz CT molecular complexity index is 285. The lowest BCUT2D eigenvalue weighted by Crippen LogP contribution is -2.41. The highest BCUT2D eigenvalue weighted by atomic mass is 16.1. The zero-order valence-corrected chi connectivity index (χ0v) is 11.7. The molecule has 0 spiro atoms. The van der Waals surface area contributed by atoms with E-state index in [0.717, 1.165) is 38.9 Å². The molecule has 4 nitrogen and oxygen atoms in total. The van der Waals surface area contributed by atoms with Crippen molar-refractivity contribution in [3.8, 4) is 0 Å². The van der Waals surface area contributed by atoms with Gasteiger partial charge in [0.15, 0.2) is 0 Å². The molecule has 0 radical (unpaired) electrons. The van der Waals surface area contributed by atoms with Crippen LogP contribution >= 0.6 is 0 Å². The highest BCUT2D eigenvalue weighted by molar-refractivity contribution is 5.78. The second-order valence-electron chi connectivity index (χ2n) is 6.43. The zero-order chi connectivity index (χ0) is 13.1. The van der Waals surface area contributed by atoms with Gasteiger partial charge in [-0.15, -0.1) is 0 Å². The summed E-state index contributed by atoms with van der Waals surface area (Å²) in [6.07, 6.45) is 4.14. The Labute approximate surface area is 110 Å².